The fraction of sp³-hybridized carbons (Fsp3) is 1.00. The molecule has 0 aromatic rings. The summed E-state index contributed by atoms with van der Waals surface area (Å²) in [5, 5.41) is 0. The third kappa shape index (κ3) is 5.44. The van der Waals surface area contributed by atoms with Gasteiger partial charge in [-0.3, -0.25) is 18.2 Å². The van der Waals surface area contributed by atoms with E-state index in [1.54, 1.807) is 0 Å². The van der Waals surface area contributed by atoms with Crippen molar-refractivity contribution in [1.82, 2.24) is 0 Å². The molecule has 1 rings (SSSR count). The van der Waals surface area contributed by atoms with Crippen molar-refractivity contribution in [2.24, 2.45) is 0 Å². The summed E-state index contributed by atoms with van der Waals surface area (Å²) in [6.07, 6.45) is 0. The Balaban J connectivity index is 0. The molecule has 0 N–H and O–H groups in total. The van der Waals surface area contributed by atoms with Crippen LogP contribution in [0.2, 0.25) is 0 Å². The van der Waals surface area contributed by atoms with Crippen LogP contribution in [0.3, 0.4) is 0 Å². The Labute approximate surface area is 89.4 Å². The normalized spacial score (nSPS) is 31.6. The van der Waals surface area contributed by atoms with Gasteiger partial charge >= 0.3 is 16.5 Å². The van der Waals surface area contributed by atoms with Gasteiger partial charge in [0.15, 0.2) is 6.79 Å². The van der Waals surface area contributed by atoms with Gasteiger partial charge in [-0.15, -0.1) is 0 Å². The van der Waals surface area contributed by atoms with E-state index in [9.17, 15) is 9.13 Å². The summed E-state index contributed by atoms with van der Waals surface area (Å²) in [5.41, 5.74) is 0. The first-order valence-corrected chi connectivity index (χ1v) is 4.25. The molecule has 1 fully saturated rings. The Morgan fingerprint density at radius 3 is 1.70 bits per heavy atom. The van der Waals surface area contributed by atoms with Crippen LogP contribution in [0.1, 0.15) is 0 Å². The third-order valence-corrected chi connectivity index (χ3v) is 2.56. The van der Waals surface area contributed by atoms with E-state index in [4.69, 9.17) is 0 Å². The molecule has 0 aromatic heterocycles. The minimum atomic E-state index is -2.48. The average Bonchev–Trinajstić information content (AvgIpc) is 1.64. The summed E-state index contributed by atoms with van der Waals surface area (Å²) in [4.78, 5) is 0. The van der Waals surface area contributed by atoms with Crippen molar-refractivity contribution < 1.29 is 42.6 Å². The fourth-order valence-electron chi connectivity index (χ4n) is 0.253. The van der Waals surface area contributed by atoms with E-state index in [0.717, 1.165) is 0 Å². The van der Waals surface area contributed by atoms with Crippen molar-refractivity contribution in [3.63, 3.8) is 0 Å². The molecule has 0 bridgehead atoms. The van der Waals surface area contributed by atoms with E-state index in [-0.39, 0.29) is 50.8 Å². The second kappa shape index (κ2) is 7.44. The summed E-state index contributed by atoms with van der Waals surface area (Å²) in [7, 11) is -4.97. The van der Waals surface area contributed by atoms with E-state index >= 15 is 0 Å². The van der Waals surface area contributed by atoms with Crippen LogP contribution in [0.25, 0.3) is 0 Å². The van der Waals surface area contributed by atoms with Crippen molar-refractivity contribution in [3.05, 3.63) is 0 Å². The van der Waals surface area contributed by atoms with Crippen molar-refractivity contribution >= 4 is 40.4 Å². The van der Waals surface area contributed by atoms with Gasteiger partial charge in [0.05, 0.1) is 0 Å². The van der Waals surface area contributed by atoms with Crippen LogP contribution < -0.4 is 0 Å². The summed E-state index contributed by atoms with van der Waals surface area (Å²) < 4.78 is 33.0. The van der Waals surface area contributed by atoms with Gasteiger partial charge < -0.3 is 0 Å². The summed E-state index contributed by atoms with van der Waals surface area (Å²) in [5.74, 6) is 0. The SMILES string of the molecule is O=[PH]1OCO[PH](=O)O1.[Sn].[Tc]. The fourth-order valence-corrected chi connectivity index (χ4v) is 1.70. The maximum atomic E-state index is 10.2. The molecule has 59 valence electrons. The Bertz CT molecular complexity index is 126. The van der Waals surface area contributed by atoms with Crippen LogP contribution in [0, 0.1) is 0 Å². The Morgan fingerprint density at radius 1 is 1.10 bits per heavy atom. The van der Waals surface area contributed by atoms with Gasteiger partial charge in [0, 0.05) is 44.0 Å². The molecule has 1 aliphatic heterocycles. The number of rotatable bonds is 0. The van der Waals surface area contributed by atoms with Gasteiger partial charge in [-0.2, -0.15) is 0 Å². The molecule has 2 atom stereocenters. The van der Waals surface area contributed by atoms with E-state index in [1.807, 2.05) is 0 Å². The zero-order valence-corrected chi connectivity index (χ0v) is 11.3. The smallest absolute Gasteiger partial charge is 0.282 e. The molecule has 5 nitrogen and oxygen atoms in total. The predicted octanol–water partition coefficient (Wildman–Crippen LogP) is 0.403. The van der Waals surface area contributed by atoms with Crippen LogP contribution >= 0.6 is 16.5 Å². The molecule has 0 aromatic carbocycles. The zero-order valence-electron chi connectivity index (χ0n) is 4.63. The molecule has 2 unspecified atom stereocenters. The second-order valence-corrected chi connectivity index (χ2v) is 3.40. The molecule has 1 aliphatic rings. The molecule has 1 saturated heterocycles. The Hall–Kier alpha value is 1.79. The van der Waals surface area contributed by atoms with Gasteiger partial charge in [0.2, 0.25) is 0 Å². The minimum Gasteiger partial charge on any atom is -0.282 e. The van der Waals surface area contributed by atoms with Crippen molar-refractivity contribution in [2.75, 3.05) is 6.79 Å². The number of hydrogen-bond donors (Lipinski definition) is 0. The Morgan fingerprint density at radius 2 is 1.50 bits per heavy atom. The minimum absolute atomic E-state index is 0. The summed E-state index contributed by atoms with van der Waals surface area (Å²) >= 11 is 0. The predicted molar refractivity (Wildman–Crippen MR) is 31.9 cm³/mol. The van der Waals surface area contributed by atoms with Crippen LogP contribution in [-0.4, -0.2) is 30.7 Å². The standard InChI is InChI=1S/CH4O5P2.Sn.Tc/c2-7-4-1-5-8(3)6-7;;/h7-8H,1H2;;. The first-order valence-electron chi connectivity index (χ1n) is 1.80. The first kappa shape index (κ1) is 14.3. The van der Waals surface area contributed by atoms with Crippen molar-refractivity contribution in [3.8, 4) is 0 Å². The van der Waals surface area contributed by atoms with Crippen molar-refractivity contribution in [1.29, 1.82) is 0 Å². The average molecular weight is 375 g/mol. The first-order chi connectivity index (χ1) is 3.79. The van der Waals surface area contributed by atoms with E-state index < -0.39 is 16.5 Å². The van der Waals surface area contributed by atoms with Gasteiger partial charge in [0.25, 0.3) is 0 Å². The van der Waals surface area contributed by atoms with Crippen LogP contribution in [0.5, 0.6) is 0 Å². The quantitative estimate of drug-likeness (QED) is 0.454. The van der Waals surface area contributed by atoms with Crippen LogP contribution in [0.15, 0.2) is 0 Å². The molecule has 0 saturated carbocycles. The van der Waals surface area contributed by atoms with Gasteiger partial charge in [-0.25, -0.2) is 4.31 Å². The maximum absolute atomic E-state index is 10.2. The molecule has 0 amide bonds. The molecular weight excluding hydrogens is 371 g/mol. The van der Waals surface area contributed by atoms with E-state index in [1.165, 1.54) is 0 Å². The van der Waals surface area contributed by atoms with Gasteiger partial charge in [0.1, 0.15) is 0 Å². The zero-order chi connectivity index (χ0) is 5.98. The molecule has 5 radical (unpaired) electrons. The molecule has 0 spiro atoms. The molecule has 10 heavy (non-hydrogen) atoms. The third-order valence-electron chi connectivity index (χ3n) is 0.520. The molecule has 0 aliphatic carbocycles. The molecular formula is CH4O5P2SnTc. The summed E-state index contributed by atoms with van der Waals surface area (Å²) in [6, 6.07) is 0. The monoisotopic (exact) mass is 375 g/mol. The van der Waals surface area contributed by atoms with Gasteiger partial charge in [-0.05, 0) is 0 Å². The molecule has 1 heterocycles. The second-order valence-electron chi connectivity index (χ2n) is 1.01. The maximum Gasteiger partial charge on any atom is 0.328 e. The van der Waals surface area contributed by atoms with E-state index in [0.29, 0.717) is 0 Å². The van der Waals surface area contributed by atoms with Crippen LogP contribution in [0.4, 0.5) is 0 Å². The van der Waals surface area contributed by atoms with Crippen molar-refractivity contribution in [2.45, 2.75) is 0 Å². The Kier molecular flexibility index (Phi) is 10.7. The topological polar surface area (TPSA) is 61.8 Å². The van der Waals surface area contributed by atoms with E-state index in [2.05, 4.69) is 13.4 Å². The van der Waals surface area contributed by atoms with Crippen LogP contribution in [-0.2, 0) is 42.6 Å². The summed E-state index contributed by atoms with van der Waals surface area (Å²) in [6.45, 7) is -0.185. The van der Waals surface area contributed by atoms with Gasteiger partial charge in [-0.1, -0.05) is 0 Å². The largest absolute Gasteiger partial charge is 0.328 e. The molecule has 9 heteroatoms. The number of hydrogen-bond acceptors (Lipinski definition) is 5.